The van der Waals surface area contributed by atoms with E-state index in [1.807, 2.05) is 0 Å². The Morgan fingerprint density at radius 3 is 3.13 bits per heavy atom. The van der Waals surface area contributed by atoms with E-state index >= 15 is 0 Å². The second kappa shape index (κ2) is 5.43. The van der Waals surface area contributed by atoms with E-state index in [1.54, 1.807) is 11.3 Å². The van der Waals surface area contributed by atoms with Gasteiger partial charge >= 0.3 is 0 Å². The molecule has 1 saturated heterocycles. The van der Waals surface area contributed by atoms with Gasteiger partial charge in [-0.3, -0.25) is 0 Å². The van der Waals surface area contributed by atoms with Crippen molar-refractivity contribution < 1.29 is 4.74 Å². The molecule has 0 spiro atoms. The lowest BCUT2D eigenvalue weighted by molar-refractivity contribution is 0.0451. The van der Waals surface area contributed by atoms with Gasteiger partial charge in [0.05, 0.1) is 6.61 Å². The smallest absolute Gasteiger partial charge is 0.0509 e. The van der Waals surface area contributed by atoms with E-state index in [4.69, 9.17) is 10.5 Å². The van der Waals surface area contributed by atoms with Gasteiger partial charge in [0.25, 0.3) is 0 Å². The topological polar surface area (TPSA) is 35.2 Å². The van der Waals surface area contributed by atoms with Gasteiger partial charge in [0.1, 0.15) is 0 Å². The molecule has 0 amide bonds. The highest BCUT2D eigenvalue weighted by Gasteiger charge is 2.21. The van der Waals surface area contributed by atoms with E-state index in [1.165, 1.54) is 11.3 Å². The van der Waals surface area contributed by atoms with E-state index < -0.39 is 0 Å². The molecule has 0 aliphatic carbocycles. The zero-order valence-corrected chi connectivity index (χ0v) is 11.0. The summed E-state index contributed by atoms with van der Waals surface area (Å²) in [6.45, 7) is 1.75. The third kappa shape index (κ3) is 3.28. The van der Waals surface area contributed by atoms with Crippen LogP contribution in [0.4, 0.5) is 0 Å². The highest BCUT2D eigenvalue weighted by atomic mass is 79.9. The predicted molar refractivity (Wildman–Crippen MR) is 67.2 cm³/mol. The first-order valence-corrected chi connectivity index (χ1v) is 6.99. The molecule has 2 N–H and O–H groups in total. The molecular formula is C11H16BrNOS. The quantitative estimate of drug-likeness (QED) is 0.929. The third-order valence-electron chi connectivity index (χ3n) is 2.86. The average Bonchev–Trinajstić information content (AvgIpc) is 2.65. The fourth-order valence-corrected chi connectivity index (χ4v) is 3.49. The van der Waals surface area contributed by atoms with E-state index in [2.05, 4.69) is 27.4 Å². The lowest BCUT2D eigenvalue weighted by Crippen LogP contribution is -2.37. The lowest BCUT2D eigenvalue weighted by Gasteiger charge is -2.27. The van der Waals surface area contributed by atoms with Crippen LogP contribution in [-0.2, 0) is 11.2 Å². The highest BCUT2D eigenvalue weighted by molar-refractivity contribution is 9.10. The molecule has 15 heavy (non-hydrogen) atoms. The molecule has 1 aliphatic heterocycles. The van der Waals surface area contributed by atoms with Gasteiger partial charge in [-0.25, -0.2) is 0 Å². The van der Waals surface area contributed by atoms with Crippen molar-refractivity contribution in [3.63, 3.8) is 0 Å². The molecule has 84 valence electrons. The van der Waals surface area contributed by atoms with Crippen molar-refractivity contribution in [2.75, 3.05) is 13.2 Å². The molecule has 2 unspecified atom stereocenters. The zero-order chi connectivity index (χ0) is 10.7. The van der Waals surface area contributed by atoms with E-state index in [9.17, 15) is 0 Å². The minimum atomic E-state index is 0.246. The summed E-state index contributed by atoms with van der Waals surface area (Å²) in [5, 5.41) is 2.11. The van der Waals surface area contributed by atoms with Gasteiger partial charge < -0.3 is 10.5 Å². The van der Waals surface area contributed by atoms with Crippen LogP contribution in [-0.4, -0.2) is 19.3 Å². The molecule has 4 heteroatoms. The van der Waals surface area contributed by atoms with E-state index in [0.717, 1.165) is 30.5 Å². The van der Waals surface area contributed by atoms with Crippen LogP contribution >= 0.6 is 27.3 Å². The molecule has 2 rings (SSSR count). The van der Waals surface area contributed by atoms with Crippen molar-refractivity contribution >= 4 is 27.3 Å². The zero-order valence-electron chi connectivity index (χ0n) is 8.62. The number of nitrogens with two attached hydrogens (primary N) is 1. The van der Waals surface area contributed by atoms with Crippen LogP contribution in [0, 0.1) is 5.92 Å². The molecule has 1 aliphatic rings. The molecule has 0 bridgehead atoms. The first-order chi connectivity index (χ1) is 7.25. The summed E-state index contributed by atoms with van der Waals surface area (Å²) < 4.78 is 6.62. The van der Waals surface area contributed by atoms with Crippen molar-refractivity contribution in [2.45, 2.75) is 25.3 Å². The minimum absolute atomic E-state index is 0.246. The van der Waals surface area contributed by atoms with Crippen LogP contribution in [0.2, 0.25) is 0 Å². The maximum atomic E-state index is 6.20. The lowest BCUT2D eigenvalue weighted by atomic mass is 9.92. The number of hydrogen-bond acceptors (Lipinski definition) is 3. The van der Waals surface area contributed by atoms with Crippen LogP contribution in [0.25, 0.3) is 0 Å². The maximum absolute atomic E-state index is 6.20. The van der Waals surface area contributed by atoms with E-state index in [0.29, 0.717) is 5.92 Å². The number of ether oxygens (including phenoxy) is 1. The molecule has 0 saturated carbocycles. The van der Waals surface area contributed by atoms with Gasteiger partial charge in [-0.15, -0.1) is 11.3 Å². The molecule has 0 radical (unpaired) electrons. The Labute approximate surface area is 103 Å². The minimum Gasteiger partial charge on any atom is -0.381 e. The Balaban J connectivity index is 1.88. The predicted octanol–water partition coefficient (Wildman–Crippen LogP) is 2.81. The van der Waals surface area contributed by atoms with Gasteiger partial charge in [0.15, 0.2) is 0 Å². The Kier molecular flexibility index (Phi) is 4.20. The summed E-state index contributed by atoms with van der Waals surface area (Å²) in [6.07, 6.45) is 3.35. The second-order valence-corrected chi connectivity index (χ2v) is 5.99. The second-order valence-electron chi connectivity index (χ2n) is 4.08. The average molecular weight is 290 g/mol. The third-order valence-corrected chi connectivity index (χ3v) is 4.58. The van der Waals surface area contributed by atoms with Crippen LogP contribution in [0.1, 0.15) is 17.7 Å². The van der Waals surface area contributed by atoms with Gasteiger partial charge in [0, 0.05) is 27.4 Å². The Hall–Kier alpha value is 0.1000. The summed E-state index contributed by atoms with van der Waals surface area (Å²) in [5.74, 6) is 0.541. The normalized spacial score (nSPS) is 24.0. The van der Waals surface area contributed by atoms with Gasteiger partial charge in [0.2, 0.25) is 0 Å². The Morgan fingerprint density at radius 1 is 1.67 bits per heavy atom. The molecule has 2 heterocycles. The van der Waals surface area contributed by atoms with Gasteiger partial charge in [-0.2, -0.15) is 0 Å². The Morgan fingerprint density at radius 2 is 2.53 bits per heavy atom. The first kappa shape index (κ1) is 11.6. The molecule has 1 aromatic heterocycles. The van der Waals surface area contributed by atoms with Gasteiger partial charge in [-0.1, -0.05) is 0 Å². The number of rotatable bonds is 3. The summed E-state index contributed by atoms with van der Waals surface area (Å²) >= 11 is 5.24. The maximum Gasteiger partial charge on any atom is 0.0509 e. The van der Waals surface area contributed by atoms with Crippen molar-refractivity contribution in [3.8, 4) is 0 Å². The van der Waals surface area contributed by atoms with Crippen LogP contribution in [0.5, 0.6) is 0 Å². The fourth-order valence-electron chi connectivity index (χ4n) is 1.96. The molecule has 2 atom stereocenters. The summed E-state index contributed by atoms with van der Waals surface area (Å²) in [7, 11) is 0. The monoisotopic (exact) mass is 289 g/mol. The van der Waals surface area contributed by atoms with Crippen molar-refractivity contribution in [2.24, 2.45) is 11.7 Å². The molecule has 1 aromatic rings. The molecule has 1 fully saturated rings. The largest absolute Gasteiger partial charge is 0.381 e. The molecule has 0 aromatic carbocycles. The summed E-state index contributed by atoms with van der Waals surface area (Å²) in [6, 6.07) is 2.41. The van der Waals surface area contributed by atoms with Crippen molar-refractivity contribution in [3.05, 3.63) is 20.8 Å². The summed E-state index contributed by atoms with van der Waals surface area (Å²) in [4.78, 5) is 1.36. The SMILES string of the molecule is NC(Cc1cc(Br)cs1)C1CCCOC1. The van der Waals surface area contributed by atoms with Crippen LogP contribution in [0.3, 0.4) is 0 Å². The van der Waals surface area contributed by atoms with Crippen molar-refractivity contribution in [1.29, 1.82) is 0 Å². The first-order valence-electron chi connectivity index (χ1n) is 5.32. The summed E-state index contributed by atoms with van der Waals surface area (Å²) in [5.41, 5.74) is 6.20. The van der Waals surface area contributed by atoms with Crippen LogP contribution in [0.15, 0.2) is 15.9 Å². The fraction of sp³-hybridized carbons (Fsp3) is 0.636. The van der Waals surface area contributed by atoms with Crippen molar-refractivity contribution in [1.82, 2.24) is 0 Å². The molecule has 2 nitrogen and oxygen atoms in total. The highest BCUT2D eigenvalue weighted by Crippen LogP contribution is 2.24. The molecular weight excluding hydrogens is 274 g/mol. The van der Waals surface area contributed by atoms with E-state index in [-0.39, 0.29) is 6.04 Å². The van der Waals surface area contributed by atoms with Gasteiger partial charge in [-0.05, 0) is 47.2 Å². The Bertz CT molecular complexity index is 309. The number of hydrogen-bond donors (Lipinski definition) is 1. The number of halogens is 1. The standard InChI is InChI=1S/C11H16BrNOS/c12-9-4-10(15-7-9)5-11(13)8-2-1-3-14-6-8/h4,7-8,11H,1-3,5-6,13H2. The van der Waals surface area contributed by atoms with Crippen LogP contribution < -0.4 is 5.73 Å². The number of thiophene rings is 1.